The molecule has 1 aromatic carbocycles. The third kappa shape index (κ3) is 4.88. The normalized spacial score (nSPS) is 15.3. The van der Waals surface area contributed by atoms with Crippen molar-refractivity contribution in [1.29, 1.82) is 0 Å². The first-order valence-electron chi connectivity index (χ1n) is 6.99. The highest BCUT2D eigenvalue weighted by molar-refractivity contribution is 6.42. The summed E-state index contributed by atoms with van der Waals surface area (Å²) in [6.45, 7) is 0.733. The Morgan fingerprint density at radius 1 is 1.25 bits per heavy atom. The van der Waals surface area contributed by atoms with E-state index < -0.39 is 0 Å². The minimum Gasteiger partial charge on any atom is -0.484 e. The number of halogens is 2. The van der Waals surface area contributed by atoms with Crippen LogP contribution in [0.3, 0.4) is 0 Å². The molecule has 1 aliphatic carbocycles. The standard InChI is InChI=1S/C15H19Cl2NO2/c16-13-6-5-12(9-14(13)17)20-10-15(19)18-8-7-11-3-1-2-4-11/h5-6,9,11H,1-4,7-8,10H2,(H,18,19). The van der Waals surface area contributed by atoms with Gasteiger partial charge in [-0.3, -0.25) is 4.79 Å². The minimum absolute atomic E-state index is 0.00261. The Balaban J connectivity index is 1.65. The number of hydrogen-bond acceptors (Lipinski definition) is 2. The summed E-state index contributed by atoms with van der Waals surface area (Å²) in [5.41, 5.74) is 0. The number of rotatable bonds is 6. The van der Waals surface area contributed by atoms with E-state index in [0.29, 0.717) is 15.8 Å². The summed E-state index contributed by atoms with van der Waals surface area (Å²) in [5, 5.41) is 3.78. The van der Waals surface area contributed by atoms with Crippen LogP contribution in [-0.4, -0.2) is 19.1 Å². The first kappa shape index (κ1) is 15.5. The van der Waals surface area contributed by atoms with Crippen molar-refractivity contribution in [2.75, 3.05) is 13.2 Å². The highest BCUT2D eigenvalue weighted by Gasteiger charge is 2.14. The molecular weight excluding hydrogens is 297 g/mol. The van der Waals surface area contributed by atoms with Crippen LogP contribution in [0, 0.1) is 5.92 Å². The molecule has 5 heteroatoms. The Labute approximate surface area is 129 Å². The Morgan fingerprint density at radius 2 is 2.00 bits per heavy atom. The van der Waals surface area contributed by atoms with Gasteiger partial charge in [-0.2, -0.15) is 0 Å². The van der Waals surface area contributed by atoms with Crippen molar-refractivity contribution in [3.05, 3.63) is 28.2 Å². The second kappa shape index (κ2) is 7.75. The predicted octanol–water partition coefficient (Wildman–Crippen LogP) is 4.07. The number of carbonyl (C=O) groups excluding carboxylic acids is 1. The van der Waals surface area contributed by atoms with Crippen molar-refractivity contribution in [3.8, 4) is 5.75 Å². The second-order valence-corrected chi connectivity index (χ2v) is 5.97. The van der Waals surface area contributed by atoms with Gasteiger partial charge in [0.2, 0.25) is 0 Å². The van der Waals surface area contributed by atoms with Crippen molar-refractivity contribution in [3.63, 3.8) is 0 Å². The molecule has 20 heavy (non-hydrogen) atoms. The topological polar surface area (TPSA) is 38.3 Å². The highest BCUT2D eigenvalue weighted by atomic mass is 35.5. The minimum atomic E-state index is -0.103. The molecular formula is C15H19Cl2NO2. The smallest absolute Gasteiger partial charge is 0.257 e. The molecule has 110 valence electrons. The molecule has 0 bridgehead atoms. The van der Waals surface area contributed by atoms with E-state index in [9.17, 15) is 4.79 Å². The fraction of sp³-hybridized carbons (Fsp3) is 0.533. The van der Waals surface area contributed by atoms with Gasteiger partial charge in [0.25, 0.3) is 5.91 Å². The summed E-state index contributed by atoms with van der Waals surface area (Å²) >= 11 is 11.7. The molecule has 0 heterocycles. The SMILES string of the molecule is O=C(COc1ccc(Cl)c(Cl)c1)NCCC1CCCC1. The molecule has 0 atom stereocenters. The van der Waals surface area contributed by atoms with E-state index in [4.69, 9.17) is 27.9 Å². The second-order valence-electron chi connectivity index (χ2n) is 5.15. The van der Waals surface area contributed by atoms with E-state index in [1.54, 1.807) is 18.2 Å². The van der Waals surface area contributed by atoms with Crippen LogP contribution in [0.5, 0.6) is 5.75 Å². The van der Waals surface area contributed by atoms with Crippen LogP contribution in [0.2, 0.25) is 10.0 Å². The van der Waals surface area contributed by atoms with Crippen LogP contribution in [0.15, 0.2) is 18.2 Å². The van der Waals surface area contributed by atoms with Gasteiger partial charge >= 0.3 is 0 Å². The average Bonchev–Trinajstić information content (AvgIpc) is 2.93. The Morgan fingerprint density at radius 3 is 2.70 bits per heavy atom. The van der Waals surface area contributed by atoms with Crippen LogP contribution in [0.1, 0.15) is 32.1 Å². The largest absolute Gasteiger partial charge is 0.484 e. The summed E-state index contributed by atoms with van der Waals surface area (Å²) in [6, 6.07) is 4.95. The zero-order valence-corrected chi connectivity index (χ0v) is 12.8. The maximum atomic E-state index is 11.6. The zero-order chi connectivity index (χ0) is 14.4. The van der Waals surface area contributed by atoms with Gasteiger partial charge in [0.05, 0.1) is 10.0 Å². The molecule has 1 saturated carbocycles. The third-order valence-electron chi connectivity index (χ3n) is 3.61. The molecule has 1 aromatic rings. The van der Waals surface area contributed by atoms with Crippen LogP contribution < -0.4 is 10.1 Å². The molecule has 0 aromatic heterocycles. The average molecular weight is 316 g/mol. The van der Waals surface area contributed by atoms with Crippen molar-refractivity contribution in [2.45, 2.75) is 32.1 Å². The molecule has 1 aliphatic rings. The summed E-state index contributed by atoms with van der Waals surface area (Å²) < 4.78 is 5.37. The Kier molecular flexibility index (Phi) is 5.99. The van der Waals surface area contributed by atoms with Gasteiger partial charge in [0, 0.05) is 12.6 Å². The van der Waals surface area contributed by atoms with Crippen molar-refractivity contribution in [2.24, 2.45) is 5.92 Å². The lowest BCUT2D eigenvalue weighted by Gasteiger charge is -2.10. The molecule has 0 spiro atoms. The number of amides is 1. The van der Waals surface area contributed by atoms with E-state index in [2.05, 4.69) is 5.32 Å². The van der Waals surface area contributed by atoms with Crippen LogP contribution in [-0.2, 0) is 4.79 Å². The van der Waals surface area contributed by atoms with Gasteiger partial charge in [-0.05, 0) is 24.5 Å². The monoisotopic (exact) mass is 315 g/mol. The van der Waals surface area contributed by atoms with Crippen molar-refractivity contribution >= 4 is 29.1 Å². The lowest BCUT2D eigenvalue weighted by atomic mass is 10.0. The summed E-state index contributed by atoms with van der Waals surface area (Å²) in [4.78, 5) is 11.6. The predicted molar refractivity (Wildman–Crippen MR) is 81.5 cm³/mol. The van der Waals surface area contributed by atoms with Crippen molar-refractivity contribution < 1.29 is 9.53 Å². The summed E-state index contributed by atoms with van der Waals surface area (Å²) in [6.07, 6.45) is 6.34. The van der Waals surface area contributed by atoms with Gasteiger partial charge in [0.1, 0.15) is 5.75 Å². The van der Waals surface area contributed by atoms with Crippen molar-refractivity contribution in [1.82, 2.24) is 5.32 Å². The molecule has 1 N–H and O–H groups in total. The number of hydrogen-bond donors (Lipinski definition) is 1. The molecule has 2 rings (SSSR count). The molecule has 0 radical (unpaired) electrons. The molecule has 1 amide bonds. The fourth-order valence-corrected chi connectivity index (χ4v) is 2.77. The molecule has 0 unspecified atom stereocenters. The van der Waals surface area contributed by atoms with Crippen LogP contribution >= 0.6 is 23.2 Å². The lowest BCUT2D eigenvalue weighted by molar-refractivity contribution is -0.123. The Bertz CT molecular complexity index is 459. The molecule has 3 nitrogen and oxygen atoms in total. The van der Waals surface area contributed by atoms with E-state index in [1.165, 1.54) is 25.7 Å². The van der Waals surface area contributed by atoms with Gasteiger partial charge in [-0.15, -0.1) is 0 Å². The molecule has 0 aliphatic heterocycles. The first-order chi connectivity index (χ1) is 9.65. The van der Waals surface area contributed by atoms with Gasteiger partial charge in [-0.1, -0.05) is 48.9 Å². The number of ether oxygens (including phenoxy) is 1. The van der Waals surface area contributed by atoms with Gasteiger partial charge in [0.15, 0.2) is 6.61 Å². The highest BCUT2D eigenvalue weighted by Crippen LogP contribution is 2.27. The lowest BCUT2D eigenvalue weighted by Crippen LogP contribution is -2.30. The first-order valence-corrected chi connectivity index (χ1v) is 7.75. The van der Waals surface area contributed by atoms with E-state index in [1.807, 2.05) is 0 Å². The third-order valence-corrected chi connectivity index (χ3v) is 4.35. The summed E-state index contributed by atoms with van der Waals surface area (Å²) in [7, 11) is 0. The Hall–Kier alpha value is -0.930. The van der Waals surface area contributed by atoms with E-state index in [-0.39, 0.29) is 12.5 Å². The van der Waals surface area contributed by atoms with E-state index >= 15 is 0 Å². The van der Waals surface area contributed by atoms with Gasteiger partial charge in [-0.25, -0.2) is 0 Å². The zero-order valence-electron chi connectivity index (χ0n) is 11.3. The fourth-order valence-electron chi connectivity index (χ4n) is 2.48. The maximum absolute atomic E-state index is 11.6. The quantitative estimate of drug-likeness (QED) is 0.859. The maximum Gasteiger partial charge on any atom is 0.257 e. The number of nitrogens with one attached hydrogen (secondary N) is 1. The molecule has 0 saturated heterocycles. The number of carbonyl (C=O) groups is 1. The van der Waals surface area contributed by atoms with Crippen LogP contribution in [0.25, 0.3) is 0 Å². The van der Waals surface area contributed by atoms with E-state index in [0.717, 1.165) is 18.9 Å². The van der Waals surface area contributed by atoms with Gasteiger partial charge < -0.3 is 10.1 Å². The van der Waals surface area contributed by atoms with Crippen LogP contribution in [0.4, 0.5) is 0 Å². The molecule has 1 fully saturated rings. The number of benzene rings is 1. The summed E-state index contributed by atoms with van der Waals surface area (Å²) in [5.74, 6) is 1.23.